The lowest BCUT2D eigenvalue weighted by Crippen LogP contribution is -2.16. The summed E-state index contributed by atoms with van der Waals surface area (Å²) >= 11 is 0. The molecular weight excluding hydrogens is 254 g/mol. The molecule has 4 nitrogen and oxygen atoms in total. The minimum absolute atomic E-state index is 0.746. The number of hydrogen-bond donors (Lipinski definition) is 1. The topological polar surface area (TPSA) is 39.7 Å². The second-order valence-corrected chi connectivity index (χ2v) is 5.27. The Kier molecular flexibility index (Phi) is 5.53. The standard InChI is InChI=1S/C16H25NO3/c1-18-13-9-15(19-2)14(16(10-13)20-3)11-17-8-4-5-12-6-7-12/h9-10,12,17H,4-8,11H2,1-3H3. The number of rotatable bonds is 9. The molecule has 1 fully saturated rings. The van der Waals surface area contributed by atoms with Gasteiger partial charge in [-0.3, -0.25) is 0 Å². The van der Waals surface area contributed by atoms with Crippen molar-refractivity contribution in [2.24, 2.45) is 5.92 Å². The lowest BCUT2D eigenvalue weighted by Gasteiger charge is -2.15. The number of hydrogen-bond acceptors (Lipinski definition) is 4. The summed E-state index contributed by atoms with van der Waals surface area (Å²) < 4.78 is 16.1. The van der Waals surface area contributed by atoms with Gasteiger partial charge in [-0.1, -0.05) is 12.8 Å². The zero-order chi connectivity index (χ0) is 14.4. The molecule has 0 saturated heterocycles. The fourth-order valence-electron chi connectivity index (χ4n) is 2.39. The third kappa shape index (κ3) is 4.04. The second kappa shape index (κ2) is 7.39. The predicted molar refractivity (Wildman–Crippen MR) is 79.8 cm³/mol. The van der Waals surface area contributed by atoms with E-state index in [0.717, 1.165) is 41.8 Å². The lowest BCUT2D eigenvalue weighted by molar-refractivity contribution is 0.366. The first kappa shape index (κ1) is 15.0. The van der Waals surface area contributed by atoms with Gasteiger partial charge in [-0.2, -0.15) is 0 Å². The summed E-state index contributed by atoms with van der Waals surface area (Å²) in [6.45, 7) is 1.79. The highest BCUT2D eigenvalue weighted by Gasteiger charge is 2.20. The first-order valence-corrected chi connectivity index (χ1v) is 7.28. The molecule has 0 aromatic heterocycles. The fourth-order valence-corrected chi connectivity index (χ4v) is 2.39. The van der Waals surface area contributed by atoms with Crippen LogP contribution in [0.25, 0.3) is 0 Å². The highest BCUT2D eigenvalue weighted by atomic mass is 16.5. The van der Waals surface area contributed by atoms with E-state index in [9.17, 15) is 0 Å². The van der Waals surface area contributed by atoms with Crippen molar-refractivity contribution < 1.29 is 14.2 Å². The third-order valence-corrected chi connectivity index (χ3v) is 3.78. The van der Waals surface area contributed by atoms with Gasteiger partial charge in [0.15, 0.2) is 0 Å². The van der Waals surface area contributed by atoms with Gasteiger partial charge in [-0.15, -0.1) is 0 Å². The average molecular weight is 279 g/mol. The van der Waals surface area contributed by atoms with Crippen LogP contribution in [0, 0.1) is 5.92 Å². The van der Waals surface area contributed by atoms with E-state index in [2.05, 4.69) is 5.32 Å². The molecule has 0 aliphatic heterocycles. The largest absolute Gasteiger partial charge is 0.496 e. The van der Waals surface area contributed by atoms with Crippen LogP contribution in [0.15, 0.2) is 12.1 Å². The molecule has 1 aromatic rings. The van der Waals surface area contributed by atoms with E-state index in [4.69, 9.17) is 14.2 Å². The maximum Gasteiger partial charge on any atom is 0.130 e. The molecule has 2 rings (SSSR count). The summed E-state index contributed by atoms with van der Waals surface area (Å²) in [7, 11) is 4.99. The van der Waals surface area contributed by atoms with E-state index in [-0.39, 0.29) is 0 Å². The Balaban J connectivity index is 1.93. The molecule has 112 valence electrons. The van der Waals surface area contributed by atoms with Crippen molar-refractivity contribution >= 4 is 0 Å². The van der Waals surface area contributed by atoms with Gasteiger partial charge < -0.3 is 19.5 Å². The average Bonchev–Trinajstić information content (AvgIpc) is 3.30. The van der Waals surface area contributed by atoms with E-state index in [0.29, 0.717) is 0 Å². The van der Waals surface area contributed by atoms with Crippen LogP contribution in [0.5, 0.6) is 17.2 Å². The van der Waals surface area contributed by atoms with Crippen molar-refractivity contribution in [3.05, 3.63) is 17.7 Å². The van der Waals surface area contributed by atoms with Crippen molar-refractivity contribution in [1.29, 1.82) is 0 Å². The molecule has 0 bridgehead atoms. The van der Waals surface area contributed by atoms with Crippen LogP contribution in [0.4, 0.5) is 0 Å². The molecule has 0 radical (unpaired) electrons. The molecule has 0 unspecified atom stereocenters. The van der Waals surface area contributed by atoms with Crippen LogP contribution in [-0.4, -0.2) is 27.9 Å². The van der Waals surface area contributed by atoms with E-state index >= 15 is 0 Å². The minimum Gasteiger partial charge on any atom is -0.496 e. The molecule has 0 spiro atoms. The van der Waals surface area contributed by atoms with Gasteiger partial charge in [0.2, 0.25) is 0 Å². The Morgan fingerprint density at radius 3 is 2.20 bits per heavy atom. The molecule has 20 heavy (non-hydrogen) atoms. The van der Waals surface area contributed by atoms with E-state index in [1.54, 1.807) is 21.3 Å². The highest BCUT2D eigenvalue weighted by molar-refractivity contribution is 5.50. The van der Waals surface area contributed by atoms with Crippen LogP contribution in [0.2, 0.25) is 0 Å². The summed E-state index contributed by atoms with van der Waals surface area (Å²) in [6, 6.07) is 3.79. The molecule has 1 saturated carbocycles. The first-order valence-electron chi connectivity index (χ1n) is 7.28. The maximum atomic E-state index is 5.44. The Hall–Kier alpha value is -1.42. The highest BCUT2D eigenvalue weighted by Crippen LogP contribution is 2.34. The van der Waals surface area contributed by atoms with Gasteiger partial charge in [0.05, 0.1) is 26.9 Å². The van der Waals surface area contributed by atoms with E-state index in [1.807, 2.05) is 12.1 Å². The predicted octanol–water partition coefficient (Wildman–Crippen LogP) is 2.99. The van der Waals surface area contributed by atoms with Crippen molar-refractivity contribution in [2.75, 3.05) is 27.9 Å². The van der Waals surface area contributed by atoms with Gasteiger partial charge >= 0.3 is 0 Å². The molecule has 0 amide bonds. The molecule has 4 heteroatoms. The normalized spacial score (nSPS) is 14.2. The van der Waals surface area contributed by atoms with Crippen molar-refractivity contribution in [3.63, 3.8) is 0 Å². The molecule has 1 aromatic carbocycles. The van der Waals surface area contributed by atoms with Crippen LogP contribution >= 0.6 is 0 Å². The maximum absolute atomic E-state index is 5.44. The first-order chi connectivity index (χ1) is 9.78. The van der Waals surface area contributed by atoms with Crippen LogP contribution in [0.3, 0.4) is 0 Å². The van der Waals surface area contributed by atoms with Gasteiger partial charge in [0.25, 0.3) is 0 Å². The summed E-state index contributed by atoms with van der Waals surface area (Å²) in [6.07, 6.45) is 5.45. The molecular formula is C16H25NO3. The number of ether oxygens (including phenoxy) is 3. The van der Waals surface area contributed by atoms with E-state index in [1.165, 1.54) is 25.7 Å². The summed E-state index contributed by atoms with van der Waals surface area (Å²) in [5.74, 6) is 3.35. The Labute approximate surface area is 121 Å². The van der Waals surface area contributed by atoms with Crippen molar-refractivity contribution in [2.45, 2.75) is 32.2 Å². The van der Waals surface area contributed by atoms with Gasteiger partial charge in [-0.05, 0) is 25.3 Å². The fraction of sp³-hybridized carbons (Fsp3) is 0.625. The lowest BCUT2D eigenvalue weighted by atomic mass is 10.1. The molecule has 1 aliphatic rings. The minimum atomic E-state index is 0.746. The van der Waals surface area contributed by atoms with Crippen molar-refractivity contribution in [1.82, 2.24) is 5.32 Å². The molecule has 0 atom stereocenters. The second-order valence-electron chi connectivity index (χ2n) is 5.27. The third-order valence-electron chi connectivity index (χ3n) is 3.78. The quantitative estimate of drug-likeness (QED) is 0.705. The Morgan fingerprint density at radius 1 is 1.05 bits per heavy atom. The van der Waals surface area contributed by atoms with Gasteiger partial charge in [0.1, 0.15) is 17.2 Å². The van der Waals surface area contributed by atoms with E-state index < -0.39 is 0 Å². The van der Waals surface area contributed by atoms with Gasteiger partial charge in [-0.25, -0.2) is 0 Å². The zero-order valence-electron chi connectivity index (χ0n) is 12.7. The molecule has 0 heterocycles. The summed E-state index contributed by atoms with van der Waals surface area (Å²) in [5.41, 5.74) is 1.04. The number of nitrogens with one attached hydrogen (secondary N) is 1. The van der Waals surface area contributed by atoms with Crippen molar-refractivity contribution in [3.8, 4) is 17.2 Å². The van der Waals surface area contributed by atoms with Crippen LogP contribution < -0.4 is 19.5 Å². The number of benzene rings is 1. The summed E-state index contributed by atoms with van der Waals surface area (Å²) in [5, 5.41) is 3.47. The molecule has 1 N–H and O–H groups in total. The van der Waals surface area contributed by atoms with Crippen LogP contribution in [-0.2, 0) is 6.54 Å². The smallest absolute Gasteiger partial charge is 0.130 e. The SMILES string of the molecule is COc1cc(OC)c(CNCCCC2CC2)c(OC)c1. The van der Waals surface area contributed by atoms with Crippen LogP contribution in [0.1, 0.15) is 31.2 Å². The monoisotopic (exact) mass is 279 g/mol. The van der Waals surface area contributed by atoms with Gasteiger partial charge in [0, 0.05) is 18.7 Å². The zero-order valence-corrected chi connectivity index (χ0v) is 12.7. The molecule has 1 aliphatic carbocycles. The number of methoxy groups -OCH3 is 3. The summed E-state index contributed by atoms with van der Waals surface area (Å²) in [4.78, 5) is 0. The Morgan fingerprint density at radius 2 is 1.70 bits per heavy atom. The Bertz CT molecular complexity index is 405.